The van der Waals surface area contributed by atoms with Crippen LogP contribution in [0.5, 0.6) is 0 Å². The quantitative estimate of drug-likeness (QED) is 0.638. The molecule has 1 aliphatic heterocycles. The Bertz CT molecular complexity index is 1110. The number of nitrogens with zero attached hydrogens (tertiary/aromatic N) is 3. The summed E-state index contributed by atoms with van der Waals surface area (Å²) in [5.41, 5.74) is 7.97. The van der Waals surface area contributed by atoms with Gasteiger partial charge < -0.3 is 16.0 Å². The van der Waals surface area contributed by atoms with Crippen LogP contribution in [0, 0.1) is 12.8 Å². The summed E-state index contributed by atoms with van der Waals surface area (Å²) in [6, 6.07) is 9.66. The Labute approximate surface area is 175 Å². The van der Waals surface area contributed by atoms with Crippen molar-refractivity contribution in [1.82, 2.24) is 14.9 Å². The third kappa shape index (κ3) is 3.96. The van der Waals surface area contributed by atoms with E-state index in [1.165, 1.54) is 6.20 Å². The number of anilines is 2. The molecule has 7 nitrogen and oxygen atoms in total. The molecule has 3 N–H and O–H groups in total. The molecule has 3 aromatic rings. The molecular weight excluding hydrogens is 378 g/mol. The van der Waals surface area contributed by atoms with Gasteiger partial charge in [-0.2, -0.15) is 0 Å². The summed E-state index contributed by atoms with van der Waals surface area (Å²) < 4.78 is 0. The van der Waals surface area contributed by atoms with Crippen molar-refractivity contribution in [1.29, 1.82) is 0 Å². The number of carbonyl (C=O) groups excluding carboxylic acids is 2. The number of hydrogen-bond acceptors (Lipinski definition) is 5. The molecule has 0 bridgehead atoms. The van der Waals surface area contributed by atoms with E-state index in [0.29, 0.717) is 24.0 Å². The highest BCUT2D eigenvalue weighted by Gasteiger charge is 2.34. The second kappa shape index (κ2) is 8.10. The van der Waals surface area contributed by atoms with Gasteiger partial charge in [-0.05, 0) is 60.4 Å². The minimum absolute atomic E-state index is 0.136. The van der Waals surface area contributed by atoms with Gasteiger partial charge in [0, 0.05) is 24.3 Å². The number of amides is 2. The van der Waals surface area contributed by atoms with Crippen LogP contribution in [0.3, 0.4) is 0 Å². The topological polar surface area (TPSA) is 101 Å². The molecule has 2 aromatic heterocycles. The number of carbonyl (C=O) groups is 2. The van der Waals surface area contributed by atoms with E-state index < -0.39 is 11.8 Å². The summed E-state index contributed by atoms with van der Waals surface area (Å²) in [6.07, 6.45) is 6.86. The molecule has 3 heterocycles. The zero-order valence-corrected chi connectivity index (χ0v) is 17.1. The van der Waals surface area contributed by atoms with Gasteiger partial charge in [0.15, 0.2) is 0 Å². The molecule has 4 rings (SSSR count). The van der Waals surface area contributed by atoms with E-state index >= 15 is 0 Å². The van der Waals surface area contributed by atoms with E-state index in [2.05, 4.69) is 28.3 Å². The first kappa shape index (κ1) is 19.8. The molecule has 0 aliphatic carbocycles. The summed E-state index contributed by atoms with van der Waals surface area (Å²) in [5.74, 6) is -0.459. The van der Waals surface area contributed by atoms with Gasteiger partial charge in [0.2, 0.25) is 0 Å². The fourth-order valence-corrected chi connectivity index (χ4v) is 4.00. The second-order valence-corrected chi connectivity index (χ2v) is 8.02. The lowest BCUT2D eigenvalue weighted by atomic mass is 9.89. The highest BCUT2D eigenvalue weighted by Crippen LogP contribution is 2.34. The lowest BCUT2D eigenvalue weighted by Gasteiger charge is -2.38. The summed E-state index contributed by atoms with van der Waals surface area (Å²) in [4.78, 5) is 35.7. The lowest BCUT2D eigenvalue weighted by Crippen LogP contribution is -2.46. The number of aromatic nitrogens is 2. The number of hydrogen-bond donors (Lipinski definition) is 2. The first-order chi connectivity index (χ1) is 14.4. The van der Waals surface area contributed by atoms with Crippen LogP contribution in [0.25, 0.3) is 10.8 Å². The van der Waals surface area contributed by atoms with Crippen molar-refractivity contribution >= 4 is 34.1 Å². The normalized spacial score (nSPS) is 18.9. The van der Waals surface area contributed by atoms with Crippen molar-refractivity contribution in [2.45, 2.75) is 32.7 Å². The largest absolute Gasteiger partial charge is 0.383 e. The number of rotatable bonds is 2. The number of nitrogens with two attached hydrogens (primary N) is 1. The first-order valence-corrected chi connectivity index (χ1v) is 10.1. The predicted molar refractivity (Wildman–Crippen MR) is 117 cm³/mol. The first-order valence-electron chi connectivity index (χ1n) is 10.1. The molecule has 154 valence electrons. The number of likely N-dealkylation sites (tertiary alicyclic amines) is 1. The van der Waals surface area contributed by atoms with Gasteiger partial charge in [0.25, 0.3) is 0 Å². The molecule has 1 aromatic carbocycles. The molecular formula is C23H25N5O2. The molecule has 2 atom stereocenters. The Morgan fingerprint density at radius 2 is 1.97 bits per heavy atom. The number of benzene rings is 1. The van der Waals surface area contributed by atoms with E-state index in [0.717, 1.165) is 34.7 Å². The second-order valence-electron chi connectivity index (χ2n) is 8.02. The maximum atomic E-state index is 13.1. The van der Waals surface area contributed by atoms with E-state index in [9.17, 15) is 9.59 Å². The van der Waals surface area contributed by atoms with Crippen LogP contribution in [-0.2, 0) is 9.59 Å². The monoisotopic (exact) mass is 403 g/mol. The van der Waals surface area contributed by atoms with Gasteiger partial charge in [-0.3, -0.25) is 14.6 Å². The summed E-state index contributed by atoms with van der Waals surface area (Å²) >= 11 is 0. The molecule has 1 aliphatic rings. The number of fused-ring (bicyclic) bond motifs is 1. The van der Waals surface area contributed by atoms with Gasteiger partial charge in [0.1, 0.15) is 5.82 Å². The molecule has 1 unspecified atom stereocenters. The maximum absolute atomic E-state index is 13.1. The van der Waals surface area contributed by atoms with Crippen molar-refractivity contribution in [2.75, 3.05) is 17.6 Å². The number of pyridine rings is 2. The summed E-state index contributed by atoms with van der Waals surface area (Å²) in [5, 5.41) is 4.79. The predicted octanol–water partition coefficient (Wildman–Crippen LogP) is 3.46. The third-order valence-corrected chi connectivity index (χ3v) is 5.70. The molecule has 1 fully saturated rings. The molecule has 2 amide bonds. The van der Waals surface area contributed by atoms with Crippen molar-refractivity contribution < 1.29 is 9.59 Å². The van der Waals surface area contributed by atoms with Crippen LogP contribution in [0.1, 0.15) is 36.9 Å². The van der Waals surface area contributed by atoms with Gasteiger partial charge in [0.05, 0.1) is 17.9 Å². The Kier molecular flexibility index (Phi) is 5.35. The SMILES string of the molecule is Cc1cc(NC(=O)C(=O)N2C[C@@H](C)CCC2c2ccc3cnccc3c2)cnc1N. The minimum atomic E-state index is -0.662. The van der Waals surface area contributed by atoms with Gasteiger partial charge in [-0.25, -0.2) is 4.98 Å². The van der Waals surface area contributed by atoms with Gasteiger partial charge >= 0.3 is 11.8 Å². The molecule has 0 radical (unpaired) electrons. The van der Waals surface area contributed by atoms with Gasteiger partial charge in [-0.1, -0.05) is 19.1 Å². The minimum Gasteiger partial charge on any atom is -0.383 e. The zero-order valence-electron chi connectivity index (χ0n) is 17.1. The zero-order chi connectivity index (χ0) is 21.3. The van der Waals surface area contributed by atoms with E-state index in [1.54, 1.807) is 24.1 Å². The van der Waals surface area contributed by atoms with Crippen LogP contribution < -0.4 is 11.1 Å². The molecule has 1 saturated heterocycles. The molecule has 7 heteroatoms. The van der Waals surface area contributed by atoms with Crippen LogP contribution in [0.4, 0.5) is 11.5 Å². The molecule has 30 heavy (non-hydrogen) atoms. The third-order valence-electron chi connectivity index (χ3n) is 5.70. The maximum Gasteiger partial charge on any atom is 0.313 e. The summed E-state index contributed by atoms with van der Waals surface area (Å²) in [6.45, 7) is 4.45. The number of aryl methyl sites for hydroxylation is 1. The van der Waals surface area contributed by atoms with E-state index in [-0.39, 0.29) is 6.04 Å². The Morgan fingerprint density at radius 1 is 1.13 bits per heavy atom. The van der Waals surface area contributed by atoms with Crippen LogP contribution in [0.2, 0.25) is 0 Å². The van der Waals surface area contributed by atoms with Crippen LogP contribution >= 0.6 is 0 Å². The standard InChI is InChI=1S/C23H25N5O2/c1-14-3-6-20(17-4-5-18-11-25-8-7-16(18)10-17)28(13-14)23(30)22(29)27-19-9-15(2)21(24)26-12-19/h4-5,7-12,14,20H,3,6,13H2,1-2H3,(H2,24,26)(H,27,29)/t14-,20?/m0/s1. The lowest BCUT2D eigenvalue weighted by molar-refractivity contribution is -0.146. The number of nitrogen functional groups attached to an aromatic ring is 1. The van der Waals surface area contributed by atoms with Crippen LogP contribution in [0.15, 0.2) is 48.9 Å². The average Bonchev–Trinajstić information content (AvgIpc) is 2.75. The molecule has 0 saturated carbocycles. The molecule has 0 spiro atoms. The fourth-order valence-electron chi connectivity index (χ4n) is 4.00. The van der Waals surface area contributed by atoms with Crippen molar-refractivity contribution in [3.05, 3.63) is 60.0 Å². The average molecular weight is 403 g/mol. The van der Waals surface area contributed by atoms with Crippen molar-refractivity contribution in [3.8, 4) is 0 Å². The summed E-state index contributed by atoms with van der Waals surface area (Å²) in [7, 11) is 0. The van der Waals surface area contributed by atoms with E-state index in [4.69, 9.17) is 5.73 Å². The van der Waals surface area contributed by atoms with Crippen molar-refractivity contribution in [3.63, 3.8) is 0 Å². The Morgan fingerprint density at radius 3 is 2.77 bits per heavy atom. The number of nitrogens with one attached hydrogen (secondary N) is 1. The van der Waals surface area contributed by atoms with Gasteiger partial charge in [-0.15, -0.1) is 0 Å². The smallest absolute Gasteiger partial charge is 0.313 e. The highest BCUT2D eigenvalue weighted by atomic mass is 16.2. The number of piperidine rings is 1. The Balaban J connectivity index is 1.58. The van der Waals surface area contributed by atoms with Crippen molar-refractivity contribution in [2.24, 2.45) is 5.92 Å². The highest BCUT2D eigenvalue weighted by molar-refractivity contribution is 6.39. The van der Waals surface area contributed by atoms with Crippen LogP contribution in [-0.4, -0.2) is 33.2 Å². The van der Waals surface area contributed by atoms with E-state index in [1.807, 2.05) is 24.4 Å². The Hall–Kier alpha value is -3.48. The fraction of sp³-hybridized carbons (Fsp3) is 0.304.